The second kappa shape index (κ2) is 5.63. The molecule has 1 N–H and O–H groups in total. The first-order valence-corrected chi connectivity index (χ1v) is 7.58. The van der Waals surface area contributed by atoms with Crippen LogP contribution in [0.3, 0.4) is 0 Å². The van der Waals surface area contributed by atoms with E-state index >= 15 is 0 Å². The van der Waals surface area contributed by atoms with Gasteiger partial charge in [0, 0.05) is 19.2 Å². The Balaban J connectivity index is 2.51. The van der Waals surface area contributed by atoms with Crippen LogP contribution in [0.1, 0.15) is 25.7 Å². The van der Waals surface area contributed by atoms with Gasteiger partial charge >= 0.3 is 0 Å². The highest BCUT2D eigenvalue weighted by atomic mass is 32.2. The van der Waals surface area contributed by atoms with Crippen LogP contribution < -0.4 is 0 Å². The highest BCUT2D eigenvalue weighted by molar-refractivity contribution is 7.90. The zero-order valence-electron chi connectivity index (χ0n) is 9.55. The maximum absolute atomic E-state index is 11.8. The lowest BCUT2D eigenvalue weighted by molar-refractivity contribution is -0.135. The highest BCUT2D eigenvalue weighted by Gasteiger charge is 2.26. The normalized spacial score (nSPS) is 22.1. The predicted molar refractivity (Wildman–Crippen MR) is 60.8 cm³/mol. The second-order valence-corrected chi connectivity index (χ2v) is 6.56. The van der Waals surface area contributed by atoms with Crippen LogP contribution in [-0.2, 0) is 14.6 Å². The van der Waals surface area contributed by atoms with Gasteiger partial charge in [-0.25, -0.2) is 8.42 Å². The molecule has 1 rings (SSSR count). The molecule has 16 heavy (non-hydrogen) atoms. The Morgan fingerprint density at radius 3 is 2.69 bits per heavy atom. The van der Waals surface area contributed by atoms with Crippen LogP contribution in [0, 0.1) is 0 Å². The quantitative estimate of drug-likeness (QED) is 0.748. The molecule has 1 heterocycles. The number of hydrogen-bond donors (Lipinski definition) is 1. The van der Waals surface area contributed by atoms with E-state index in [0.29, 0.717) is 6.54 Å². The Morgan fingerprint density at radius 1 is 1.44 bits per heavy atom. The van der Waals surface area contributed by atoms with Gasteiger partial charge in [0.2, 0.25) is 5.91 Å². The topological polar surface area (TPSA) is 74.7 Å². The zero-order chi connectivity index (χ0) is 12.2. The number of hydrogen-bond acceptors (Lipinski definition) is 4. The van der Waals surface area contributed by atoms with Crippen molar-refractivity contribution in [3.05, 3.63) is 0 Å². The van der Waals surface area contributed by atoms with Crippen molar-refractivity contribution in [1.82, 2.24) is 4.90 Å². The molecule has 1 unspecified atom stereocenters. The fourth-order valence-electron chi connectivity index (χ4n) is 1.94. The fraction of sp³-hybridized carbons (Fsp3) is 0.900. The minimum Gasteiger partial charge on any atom is -0.394 e. The molecule has 5 nitrogen and oxygen atoms in total. The zero-order valence-corrected chi connectivity index (χ0v) is 10.4. The number of carbonyl (C=O) groups is 1. The number of carbonyl (C=O) groups excluding carboxylic acids is 1. The minimum absolute atomic E-state index is 0.0231. The van der Waals surface area contributed by atoms with E-state index in [0.717, 1.165) is 25.5 Å². The highest BCUT2D eigenvalue weighted by Crippen LogP contribution is 2.17. The Labute approximate surface area is 96.4 Å². The van der Waals surface area contributed by atoms with Crippen molar-refractivity contribution in [3.63, 3.8) is 0 Å². The van der Waals surface area contributed by atoms with E-state index in [9.17, 15) is 13.2 Å². The van der Waals surface area contributed by atoms with Crippen LogP contribution in [-0.4, -0.2) is 55.5 Å². The van der Waals surface area contributed by atoms with Crippen molar-refractivity contribution < 1.29 is 18.3 Å². The first-order chi connectivity index (χ1) is 7.44. The largest absolute Gasteiger partial charge is 0.394 e. The minimum atomic E-state index is -3.09. The molecule has 0 bridgehead atoms. The second-order valence-electron chi connectivity index (χ2n) is 4.30. The summed E-state index contributed by atoms with van der Waals surface area (Å²) in [6, 6.07) is -0.124. The van der Waals surface area contributed by atoms with E-state index in [1.807, 2.05) is 0 Å². The van der Waals surface area contributed by atoms with E-state index in [2.05, 4.69) is 0 Å². The summed E-state index contributed by atoms with van der Waals surface area (Å²) in [4.78, 5) is 13.4. The number of aliphatic hydroxyl groups is 1. The summed E-state index contributed by atoms with van der Waals surface area (Å²) in [5.74, 6) is -0.273. The number of sulfone groups is 1. The number of rotatable bonds is 4. The van der Waals surface area contributed by atoms with Gasteiger partial charge in [-0.3, -0.25) is 4.79 Å². The third-order valence-corrected chi connectivity index (χ3v) is 3.79. The van der Waals surface area contributed by atoms with Crippen molar-refractivity contribution in [2.24, 2.45) is 0 Å². The summed E-state index contributed by atoms with van der Waals surface area (Å²) in [5, 5.41) is 9.13. The van der Waals surface area contributed by atoms with Crippen LogP contribution in [0.5, 0.6) is 0 Å². The van der Waals surface area contributed by atoms with E-state index in [4.69, 9.17) is 5.11 Å². The van der Waals surface area contributed by atoms with Gasteiger partial charge in [0.1, 0.15) is 9.84 Å². The Kier molecular flexibility index (Phi) is 4.73. The summed E-state index contributed by atoms with van der Waals surface area (Å²) in [6.07, 6.45) is 3.90. The average molecular weight is 249 g/mol. The molecule has 6 heteroatoms. The smallest absolute Gasteiger partial charge is 0.223 e. The number of piperidine rings is 1. The summed E-state index contributed by atoms with van der Waals surface area (Å²) in [5.41, 5.74) is 0. The lowest BCUT2D eigenvalue weighted by Crippen LogP contribution is -2.46. The number of aliphatic hydroxyl groups excluding tert-OH is 1. The van der Waals surface area contributed by atoms with Gasteiger partial charge in [-0.15, -0.1) is 0 Å². The molecular weight excluding hydrogens is 230 g/mol. The molecule has 1 fully saturated rings. The Hall–Kier alpha value is -0.620. The molecule has 1 amide bonds. The van der Waals surface area contributed by atoms with Crippen LogP contribution in [0.2, 0.25) is 0 Å². The predicted octanol–water partition coefficient (Wildman–Crippen LogP) is -0.206. The molecule has 0 aromatic heterocycles. The van der Waals surface area contributed by atoms with E-state index in [1.54, 1.807) is 4.90 Å². The molecule has 1 aliphatic rings. The molecule has 1 aliphatic heterocycles. The van der Waals surface area contributed by atoms with E-state index < -0.39 is 9.84 Å². The molecule has 1 saturated heterocycles. The SMILES string of the molecule is CS(=O)(=O)CCC(=O)N1CCCCC1CO. The van der Waals surface area contributed by atoms with Crippen LogP contribution >= 0.6 is 0 Å². The van der Waals surface area contributed by atoms with E-state index in [-0.39, 0.29) is 30.7 Å². The van der Waals surface area contributed by atoms with Gasteiger partial charge in [-0.1, -0.05) is 0 Å². The first-order valence-electron chi connectivity index (χ1n) is 5.52. The number of likely N-dealkylation sites (tertiary alicyclic amines) is 1. The van der Waals surface area contributed by atoms with Crippen molar-refractivity contribution in [2.45, 2.75) is 31.7 Å². The van der Waals surface area contributed by atoms with Crippen LogP contribution in [0.15, 0.2) is 0 Å². The lowest BCUT2D eigenvalue weighted by Gasteiger charge is -2.34. The van der Waals surface area contributed by atoms with Crippen molar-refractivity contribution in [2.75, 3.05) is 25.2 Å². The molecule has 0 radical (unpaired) electrons. The number of amides is 1. The van der Waals surface area contributed by atoms with Crippen LogP contribution in [0.4, 0.5) is 0 Å². The fourth-order valence-corrected chi connectivity index (χ4v) is 2.48. The molecule has 0 aromatic carbocycles. The van der Waals surface area contributed by atoms with Gasteiger partial charge < -0.3 is 10.0 Å². The van der Waals surface area contributed by atoms with Gasteiger partial charge in [0.25, 0.3) is 0 Å². The maximum atomic E-state index is 11.8. The third-order valence-electron chi connectivity index (χ3n) is 2.84. The Bertz CT molecular complexity index is 339. The van der Waals surface area contributed by atoms with Gasteiger partial charge in [-0.05, 0) is 19.3 Å². The van der Waals surface area contributed by atoms with E-state index in [1.165, 1.54) is 0 Å². The first kappa shape index (κ1) is 13.4. The molecule has 1 atom stereocenters. The summed E-state index contributed by atoms with van der Waals surface area (Å²) >= 11 is 0. The van der Waals surface area contributed by atoms with Gasteiger partial charge in [0.15, 0.2) is 0 Å². The molecule has 0 saturated carbocycles. The van der Waals surface area contributed by atoms with Crippen LogP contribution in [0.25, 0.3) is 0 Å². The summed E-state index contributed by atoms with van der Waals surface area (Å²) in [7, 11) is -3.09. The summed E-state index contributed by atoms with van der Waals surface area (Å²) in [6.45, 7) is 0.596. The average Bonchev–Trinajstić information content (AvgIpc) is 2.25. The lowest BCUT2D eigenvalue weighted by atomic mass is 10.0. The van der Waals surface area contributed by atoms with Crippen molar-refractivity contribution >= 4 is 15.7 Å². The number of nitrogens with zero attached hydrogens (tertiary/aromatic N) is 1. The molecular formula is C10H19NO4S. The molecule has 0 aliphatic carbocycles. The van der Waals surface area contributed by atoms with Gasteiger partial charge in [0.05, 0.1) is 18.4 Å². The molecule has 94 valence electrons. The molecule has 0 aromatic rings. The maximum Gasteiger partial charge on any atom is 0.223 e. The monoisotopic (exact) mass is 249 g/mol. The van der Waals surface area contributed by atoms with Crippen molar-refractivity contribution in [3.8, 4) is 0 Å². The molecule has 0 spiro atoms. The third kappa shape index (κ3) is 4.09. The standard InChI is InChI=1S/C10H19NO4S/c1-16(14,15)7-5-10(13)11-6-3-2-4-9(11)8-12/h9,12H,2-8H2,1H3. The Morgan fingerprint density at radius 2 is 2.12 bits per heavy atom. The van der Waals surface area contributed by atoms with Crippen molar-refractivity contribution in [1.29, 1.82) is 0 Å². The van der Waals surface area contributed by atoms with Gasteiger partial charge in [-0.2, -0.15) is 0 Å². The summed E-state index contributed by atoms with van der Waals surface area (Å²) < 4.78 is 21.9.